The molecule has 1 aromatic rings. The fraction of sp³-hybridized carbons (Fsp3) is 0.333. The van der Waals surface area contributed by atoms with Crippen LogP contribution in [0, 0.1) is 0 Å². The minimum Gasteiger partial charge on any atom is -0.344 e. The van der Waals surface area contributed by atoms with Crippen LogP contribution in [-0.4, -0.2) is 36.5 Å². The van der Waals surface area contributed by atoms with Gasteiger partial charge in [-0.15, -0.1) is 0 Å². The highest BCUT2D eigenvalue weighted by molar-refractivity contribution is 6.36. The molecule has 1 aliphatic heterocycles. The third-order valence-corrected chi connectivity index (χ3v) is 3.40. The quantitative estimate of drug-likeness (QED) is 0.881. The van der Waals surface area contributed by atoms with Gasteiger partial charge < -0.3 is 15.5 Å². The van der Waals surface area contributed by atoms with Crippen molar-refractivity contribution in [1.82, 2.24) is 10.2 Å². The van der Waals surface area contributed by atoms with Crippen LogP contribution >= 0.6 is 23.2 Å². The lowest BCUT2D eigenvalue weighted by Crippen LogP contribution is -2.39. The second-order valence-corrected chi connectivity index (χ2v) is 5.24. The predicted octanol–water partition coefficient (Wildman–Crippen LogP) is 2.35. The van der Waals surface area contributed by atoms with Crippen LogP contribution in [-0.2, 0) is 4.79 Å². The highest BCUT2D eigenvalue weighted by Gasteiger charge is 2.27. The summed E-state index contributed by atoms with van der Waals surface area (Å²) in [5.41, 5.74) is 0.473. The molecular weight excluding hydrogens is 289 g/mol. The summed E-state index contributed by atoms with van der Waals surface area (Å²) in [7, 11) is 1.71. The maximum absolute atomic E-state index is 11.8. The first-order chi connectivity index (χ1) is 8.95. The van der Waals surface area contributed by atoms with Gasteiger partial charge in [0.15, 0.2) is 0 Å². The van der Waals surface area contributed by atoms with Gasteiger partial charge in [-0.25, -0.2) is 4.79 Å². The Morgan fingerprint density at radius 2 is 2.16 bits per heavy atom. The van der Waals surface area contributed by atoms with E-state index in [1.54, 1.807) is 30.1 Å². The van der Waals surface area contributed by atoms with Gasteiger partial charge in [-0.05, 0) is 18.2 Å². The first-order valence-corrected chi connectivity index (χ1v) is 6.48. The van der Waals surface area contributed by atoms with Crippen molar-refractivity contribution in [3.8, 4) is 0 Å². The van der Waals surface area contributed by atoms with E-state index in [-0.39, 0.29) is 11.9 Å². The molecule has 0 bridgehead atoms. The van der Waals surface area contributed by atoms with Crippen molar-refractivity contribution in [3.63, 3.8) is 0 Å². The molecule has 3 amide bonds. The fourth-order valence-electron chi connectivity index (χ4n) is 1.89. The number of halogens is 2. The number of amides is 3. The van der Waals surface area contributed by atoms with Gasteiger partial charge in [-0.2, -0.15) is 0 Å². The number of carbonyl (C=O) groups excluding carboxylic acids is 2. The van der Waals surface area contributed by atoms with E-state index < -0.39 is 6.03 Å². The molecule has 0 aromatic heterocycles. The first-order valence-electron chi connectivity index (χ1n) is 5.72. The van der Waals surface area contributed by atoms with E-state index in [0.717, 1.165) is 0 Å². The lowest BCUT2D eigenvalue weighted by molar-refractivity contribution is -0.126. The molecule has 1 heterocycles. The summed E-state index contributed by atoms with van der Waals surface area (Å²) >= 11 is 11.7. The summed E-state index contributed by atoms with van der Waals surface area (Å²) in [6.45, 7) is 0.514. The molecule has 102 valence electrons. The molecule has 19 heavy (non-hydrogen) atoms. The van der Waals surface area contributed by atoms with E-state index in [1.807, 2.05) is 0 Å². The fourth-order valence-corrected chi connectivity index (χ4v) is 2.35. The Morgan fingerprint density at radius 3 is 2.74 bits per heavy atom. The van der Waals surface area contributed by atoms with E-state index in [1.165, 1.54) is 0 Å². The van der Waals surface area contributed by atoms with Crippen LogP contribution in [0.1, 0.15) is 6.42 Å². The summed E-state index contributed by atoms with van der Waals surface area (Å²) in [6.07, 6.45) is 0.318. The van der Waals surface area contributed by atoms with Gasteiger partial charge in [0.1, 0.15) is 0 Å². The van der Waals surface area contributed by atoms with Gasteiger partial charge in [-0.1, -0.05) is 23.2 Å². The number of nitrogens with zero attached hydrogens (tertiary/aromatic N) is 1. The lowest BCUT2D eigenvalue weighted by atomic mass is 10.2. The average Bonchev–Trinajstić information content (AvgIpc) is 2.62. The molecule has 7 heteroatoms. The van der Waals surface area contributed by atoms with Crippen LogP contribution in [0.15, 0.2) is 18.2 Å². The normalized spacial score (nSPS) is 18.6. The molecule has 0 unspecified atom stereocenters. The van der Waals surface area contributed by atoms with E-state index in [4.69, 9.17) is 23.2 Å². The summed E-state index contributed by atoms with van der Waals surface area (Å²) < 4.78 is 0. The number of nitrogens with one attached hydrogen (secondary N) is 2. The van der Waals surface area contributed by atoms with Crippen molar-refractivity contribution in [2.24, 2.45) is 0 Å². The molecule has 2 N–H and O–H groups in total. The molecule has 1 aliphatic rings. The van der Waals surface area contributed by atoms with Crippen molar-refractivity contribution >= 4 is 40.8 Å². The number of carbonyl (C=O) groups is 2. The summed E-state index contributed by atoms with van der Waals surface area (Å²) in [4.78, 5) is 24.7. The smallest absolute Gasteiger partial charge is 0.319 e. The number of likely N-dealkylation sites (tertiary alicyclic amines) is 1. The number of anilines is 1. The zero-order valence-electron chi connectivity index (χ0n) is 10.2. The van der Waals surface area contributed by atoms with Gasteiger partial charge in [0.25, 0.3) is 0 Å². The Morgan fingerprint density at radius 1 is 1.42 bits per heavy atom. The molecular formula is C12H13Cl2N3O2. The summed E-state index contributed by atoms with van der Waals surface area (Å²) in [6, 6.07) is 4.23. The first kappa shape index (κ1) is 14.0. The van der Waals surface area contributed by atoms with E-state index in [9.17, 15) is 9.59 Å². The second kappa shape index (κ2) is 5.67. The Hall–Kier alpha value is -1.46. The SMILES string of the molecule is CN1C[C@H](NC(=O)Nc2ccc(Cl)cc2Cl)CC1=O. The molecule has 5 nitrogen and oxygen atoms in total. The van der Waals surface area contributed by atoms with Crippen molar-refractivity contribution in [2.75, 3.05) is 18.9 Å². The Bertz CT molecular complexity index is 522. The van der Waals surface area contributed by atoms with E-state index >= 15 is 0 Å². The highest BCUT2D eigenvalue weighted by atomic mass is 35.5. The molecule has 1 saturated heterocycles. The van der Waals surface area contributed by atoms with Crippen molar-refractivity contribution in [1.29, 1.82) is 0 Å². The Labute approximate surface area is 120 Å². The monoisotopic (exact) mass is 301 g/mol. The number of likely N-dealkylation sites (N-methyl/N-ethyl adjacent to an activating group) is 1. The number of hydrogen-bond acceptors (Lipinski definition) is 2. The molecule has 0 aliphatic carbocycles. The maximum Gasteiger partial charge on any atom is 0.319 e. The maximum atomic E-state index is 11.8. The van der Waals surface area contributed by atoms with Crippen LogP contribution < -0.4 is 10.6 Å². The number of urea groups is 1. The van der Waals surface area contributed by atoms with E-state index in [2.05, 4.69) is 10.6 Å². The van der Waals surface area contributed by atoms with Crippen LogP contribution in [0.5, 0.6) is 0 Å². The number of benzene rings is 1. The Balaban J connectivity index is 1.93. The molecule has 1 aromatic carbocycles. The van der Waals surface area contributed by atoms with Crippen molar-refractivity contribution < 1.29 is 9.59 Å². The Kier molecular flexibility index (Phi) is 4.17. The van der Waals surface area contributed by atoms with Gasteiger partial charge in [-0.3, -0.25) is 4.79 Å². The van der Waals surface area contributed by atoms with Crippen LogP contribution in [0.4, 0.5) is 10.5 Å². The molecule has 1 fully saturated rings. The van der Waals surface area contributed by atoms with Crippen LogP contribution in [0.3, 0.4) is 0 Å². The molecule has 2 rings (SSSR count). The van der Waals surface area contributed by atoms with Crippen LogP contribution in [0.2, 0.25) is 10.0 Å². The minimum absolute atomic E-state index is 0.0230. The standard InChI is InChI=1S/C12H13Cl2N3O2/c1-17-6-8(5-11(17)18)15-12(19)16-10-3-2-7(13)4-9(10)14/h2-4,8H,5-6H2,1H3,(H2,15,16,19)/t8-/m1/s1. The van der Waals surface area contributed by atoms with Crippen molar-refractivity contribution in [3.05, 3.63) is 28.2 Å². The summed E-state index contributed by atoms with van der Waals surface area (Å²) in [5, 5.41) is 6.21. The van der Waals surface area contributed by atoms with Crippen molar-refractivity contribution in [2.45, 2.75) is 12.5 Å². The molecule has 0 spiro atoms. The lowest BCUT2D eigenvalue weighted by Gasteiger charge is -2.14. The van der Waals surface area contributed by atoms with Crippen LogP contribution in [0.25, 0.3) is 0 Å². The zero-order valence-corrected chi connectivity index (χ0v) is 11.8. The third kappa shape index (κ3) is 3.52. The largest absolute Gasteiger partial charge is 0.344 e. The topological polar surface area (TPSA) is 61.4 Å². The van der Waals surface area contributed by atoms with E-state index in [0.29, 0.717) is 28.7 Å². The van der Waals surface area contributed by atoms with Gasteiger partial charge in [0, 0.05) is 25.0 Å². The minimum atomic E-state index is -0.391. The van der Waals surface area contributed by atoms with Gasteiger partial charge in [0.05, 0.1) is 16.8 Å². The van der Waals surface area contributed by atoms with Gasteiger partial charge in [0.2, 0.25) is 5.91 Å². The third-order valence-electron chi connectivity index (χ3n) is 2.86. The van der Waals surface area contributed by atoms with Gasteiger partial charge >= 0.3 is 6.03 Å². The average molecular weight is 302 g/mol. The number of rotatable bonds is 2. The highest BCUT2D eigenvalue weighted by Crippen LogP contribution is 2.25. The molecule has 0 saturated carbocycles. The predicted molar refractivity (Wildman–Crippen MR) is 74.7 cm³/mol. The summed E-state index contributed by atoms with van der Waals surface area (Å²) in [5.74, 6) is 0.0230. The zero-order chi connectivity index (χ0) is 14.0. The second-order valence-electron chi connectivity index (χ2n) is 4.40. The number of hydrogen-bond donors (Lipinski definition) is 2. The molecule has 0 radical (unpaired) electrons. The molecule has 1 atom stereocenters.